The van der Waals surface area contributed by atoms with Gasteiger partial charge >= 0.3 is 0 Å². The summed E-state index contributed by atoms with van der Waals surface area (Å²) in [4.78, 5) is 4.09. The first-order valence-electron chi connectivity index (χ1n) is 6.48. The summed E-state index contributed by atoms with van der Waals surface area (Å²) in [5.74, 6) is 0. The maximum Gasteiger partial charge on any atom is 0.0946 e. The molecule has 1 atom stereocenters. The van der Waals surface area contributed by atoms with Crippen LogP contribution in [0.15, 0.2) is 61.2 Å². The Labute approximate surface area is 112 Å². The van der Waals surface area contributed by atoms with Crippen LogP contribution in [0, 0.1) is 0 Å². The number of hydrogen-bond donors (Lipinski definition) is 1. The molecule has 0 amide bonds. The van der Waals surface area contributed by atoms with E-state index in [1.807, 2.05) is 25.8 Å². The first-order chi connectivity index (χ1) is 9.36. The van der Waals surface area contributed by atoms with Crippen molar-refractivity contribution in [3.63, 3.8) is 0 Å². The Morgan fingerprint density at radius 2 is 2.00 bits per heavy atom. The number of aromatic nitrogens is 2. The van der Waals surface area contributed by atoms with E-state index in [1.165, 1.54) is 16.3 Å². The highest BCUT2D eigenvalue weighted by molar-refractivity contribution is 5.83. The van der Waals surface area contributed by atoms with Gasteiger partial charge in [0.1, 0.15) is 0 Å². The average molecular weight is 251 g/mol. The van der Waals surface area contributed by atoms with Gasteiger partial charge in [0.15, 0.2) is 0 Å². The van der Waals surface area contributed by atoms with Gasteiger partial charge in [0, 0.05) is 25.0 Å². The standard InChI is InChI=1S/C16H17N3/c1-17-16(11-19-9-8-18-12-19)15-7-6-13-4-2-3-5-14(13)10-15/h2-10,12,16-17H,11H2,1H3. The van der Waals surface area contributed by atoms with Crippen molar-refractivity contribution in [3.05, 3.63) is 66.7 Å². The first-order valence-corrected chi connectivity index (χ1v) is 6.48. The van der Waals surface area contributed by atoms with Crippen molar-refractivity contribution in [1.82, 2.24) is 14.9 Å². The van der Waals surface area contributed by atoms with E-state index in [0.717, 1.165) is 6.54 Å². The molecule has 3 heteroatoms. The minimum Gasteiger partial charge on any atom is -0.336 e. The summed E-state index contributed by atoms with van der Waals surface area (Å²) in [7, 11) is 2.00. The Morgan fingerprint density at radius 1 is 1.16 bits per heavy atom. The lowest BCUT2D eigenvalue weighted by Gasteiger charge is -2.17. The van der Waals surface area contributed by atoms with Crippen LogP contribution >= 0.6 is 0 Å². The highest BCUT2D eigenvalue weighted by Crippen LogP contribution is 2.21. The van der Waals surface area contributed by atoms with Crippen molar-refractivity contribution >= 4 is 10.8 Å². The maximum absolute atomic E-state index is 4.09. The van der Waals surface area contributed by atoms with Gasteiger partial charge in [0.2, 0.25) is 0 Å². The quantitative estimate of drug-likeness (QED) is 0.772. The fourth-order valence-corrected chi connectivity index (χ4v) is 2.39. The second kappa shape index (κ2) is 5.24. The molecule has 0 aliphatic heterocycles. The highest BCUT2D eigenvalue weighted by atomic mass is 15.1. The number of hydrogen-bond acceptors (Lipinski definition) is 2. The topological polar surface area (TPSA) is 29.9 Å². The van der Waals surface area contributed by atoms with Gasteiger partial charge in [-0.1, -0.05) is 36.4 Å². The smallest absolute Gasteiger partial charge is 0.0946 e. The molecule has 0 saturated heterocycles. The zero-order valence-electron chi connectivity index (χ0n) is 11.0. The van der Waals surface area contributed by atoms with E-state index in [0.29, 0.717) is 6.04 Å². The van der Waals surface area contributed by atoms with Crippen LogP contribution in [0.1, 0.15) is 11.6 Å². The van der Waals surface area contributed by atoms with Crippen molar-refractivity contribution in [2.24, 2.45) is 0 Å². The molecule has 0 aliphatic carbocycles. The summed E-state index contributed by atoms with van der Waals surface area (Å²) in [6, 6.07) is 15.4. The van der Waals surface area contributed by atoms with E-state index in [9.17, 15) is 0 Å². The predicted octanol–water partition coefficient (Wildman–Crippen LogP) is 3.00. The molecule has 0 fully saturated rings. The third kappa shape index (κ3) is 2.51. The number of imidazole rings is 1. The molecule has 3 rings (SSSR count). The van der Waals surface area contributed by atoms with E-state index in [-0.39, 0.29) is 0 Å². The number of rotatable bonds is 4. The van der Waals surface area contributed by atoms with Crippen molar-refractivity contribution in [3.8, 4) is 0 Å². The Morgan fingerprint density at radius 3 is 2.74 bits per heavy atom. The lowest BCUT2D eigenvalue weighted by molar-refractivity contribution is 0.500. The summed E-state index contributed by atoms with van der Waals surface area (Å²) in [5.41, 5.74) is 1.30. The fourth-order valence-electron chi connectivity index (χ4n) is 2.39. The minimum atomic E-state index is 0.291. The summed E-state index contributed by atoms with van der Waals surface area (Å²) < 4.78 is 2.09. The molecular weight excluding hydrogens is 234 g/mol. The molecule has 2 aromatic carbocycles. The van der Waals surface area contributed by atoms with Gasteiger partial charge in [-0.25, -0.2) is 4.98 Å². The van der Waals surface area contributed by atoms with Gasteiger partial charge in [0.05, 0.1) is 6.33 Å². The number of nitrogens with one attached hydrogen (secondary N) is 1. The average Bonchev–Trinajstić information content (AvgIpc) is 2.97. The van der Waals surface area contributed by atoms with Crippen LogP contribution in [0.2, 0.25) is 0 Å². The Hall–Kier alpha value is -2.13. The van der Waals surface area contributed by atoms with Crippen molar-refractivity contribution in [2.75, 3.05) is 7.05 Å². The lowest BCUT2D eigenvalue weighted by Crippen LogP contribution is -2.21. The minimum absolute atomic E-state index is 0.291. The lowest BCUT2D eigenvalue weighted by atomic mass is 10.0. The molecule has 19 heavy (non-hydrogen) atoms. The van der Waals surface area contributed by atoms with Crippen LogP contribution in [-0.2, 0) is 6.54 Å². The van der Waals surface area contributed by atoms with E-state index in [1.54, 1.807) is 0 Å². The van der Waals surface area contributed by atoms with E-state index < -0.39 is 0 Å². The fraction of sp³-hybridized carbons (Fsp3) is 0.188. The van der Waals surface area contributed by atoms with Gasteiger partial charge in [0.25, 0.3) is 0 Å². The zero-order valence-corrected chi connectivity index (χ0v) is 11.0. The molecule has 3 nitrogen and oxygen atoms in total. The molecular formula is C16H17N3. The monoisotopic (exact) mass is 251 g/mol. The summed E-state index contributed by atoms with van der Waals surface area (Å²) in [6.07, 6.45) is 5.66. The Bertz CT molecular complexity index is 659. The molecule has 0 saturated carbocycles. The number of fused-ring (bicyclic) bond motifs is 1. The summed E-state index contributed by atoms with van der Waals surface area (Å²) in [5, 5.41) is 5.94. The zero-order chi connectivity index (χ0) is 13.1. The number of benzene rings is 2. The highest BCUT2D eigenvalue weighted by Gasteiger charge is 2.10. The molecule has 1 unspecified atom stereocenters. The molecule has 0 aliphatic rings. The summed E-state index contributed by atoms with van der Waals surface area (Å²) >= 11 is 0. The van der Waals surface area contributed by atoms with Gasteiger partial charge < -0.3 is 9.88 Å². The Kier molecular flexibility index (Phi) is 3.29. The van der Waals surface area contributed by atoms with E-state index in [4.69, 9.17) is 0 Å². The van der Waals surface area contributed by atoms with Gasteiger partial charge in [-0.3, -0.25) is 0 Å². The molecule has 1 aromatic heterocycles. The third-order valence-electron chi connectivity index (χ3n) is 3.48. The van der Waals surface area contributed by atoms with Gasteiger partial charge in [-0.05, 0) is 29.4 Å². The van der Waals surface area contributed by atoms with Gasteiger partial charge in [-0.2, -0.15) is 0 Å². The van der Waals surface area contributed by atoms with Crippen molar-refractivity contribution in [2.45, 2.75) is 12.6 Å². The molecule has 1 heterocycles. The van der Waals surface area contributed by atoms with E-state index >= 15 is 0 Å². The number of nitrogens with zero attached hydrogens (tertiary/aromatic N) is 2. The van der Waals surface area contributed by atoms with Crippen LogP contribution in [0.4, 0.5) is 0 Å². The predicted molar refractivity (Wildman–Crippen MR) is 78.0 cm³/mol. The van der Waals surface area contributed by atoms with Crippen LogP contribution in [0.25, 0.3) is 10.8 Å². The summed E-state index contributed by atoms with van der Waals surface area (Å²) in [6.45, 7) is 0.884. The van der Waals surface area contributed by atoms with Crippen LogP contribution in [0.3, 0.4) is 0 Å². The molecule has 3 aromatic rings. The third-order valence-corrected chi connectivity index (χ3v) is 3.48. The second-order valence-electron chi connectivity index (χ2n) is 4.71. The van der Waals surface area contributed by atoms with Crippen LogP contribution in [0.5, 0.6) is 0 Å². The molecule has 0 spiro atoms. The number of likely N-dealkylation sites (N-methyl/N-ethyl adjacent to an activating group) is 1. The molecule has 96 valence electrons. The van der Waals surface area contributed by atoms with Crippen LogP contribution in [-0.4, -0.2) is 16.6 Å². The maximum atomic E-state index is 4.09. The molecule has 1 N–H and O–H groups in total. The molecule has 0 radical (unpaired) electrons. The van der Waals surface area contributed by atoms with Crippen molar-refractivity contribution in [1.29, 1.82) is 0 Å². The van der Waals surface area contributed by atoms with Crippen molar-refractivity contribution < 1.29 is 0 Å². The molecule has 0 bridgehead atoms. The van der Waals surface area contributed by atoms with Gasteiger partial charge in [-0.15, -0.1) is 0 Å². The normalized spacial score (nSPS) is 12.7. The second-order valence-corrected chi connectivity index (χ2v) is 4.71. The van der Waals surface area contributed by atoms with E-state index in [2.05, 4.69) is 57.3 Å². The van der Waals surface area contributed by atoms with Crippen LogP contribution < -0.4 is 5.32 Å². The SMILES string of the molecule is CNC(Cn1ccnc1)c1ccc2ccccc2c1. The largest absolute Gasteiger partial charge is 0.336 e. The first kappa shape index (κ1) is 11.9. The Balaban J connectivity index is 1.92.